The first-order valence-electron chi connectivity index (χ1n) is 6.38. The molecule has 0 saturated heterocycles. The molecule has 1 atom stereocenters. The zero-order chi connectivity index (χ0) is 14.4. The van der Waals surface area contributed by atoms with E-state index in [0.29, 0.717) is 6.54 Å². The van der Waals surface area contributed by atoms with Crippen molar-refractivity contribution in [3.8, 4) is 0 Å². The molecule has 0 bridgehead atoms. The van der Waals surface area contributed by atoms with Crippen molar-refractivity contribution in [2.75, 3.05) is 0 Å². The minimum absolute atomic E-state index is 0.131. The summed E-state index contributed by atoms with van der Waals surface area (Å²) in [6.45, 7) is 6.08. The zero-order valence-electron chi connectivity index (χ0n) is 11.6. The van der Waals surface area contributed by atoms with Gasteiger partial charge in [0.05, 0.1) is 6.42 Å². The van der Waals surface area contributed by atoms with Gasteiger partial charge in [0.15, 0.2) is 18.9 Å². The lowest BCUT2D eigenvalue weighted by Crippen LogP contribution is -2.45. The van der Waals surface area contributed by atoms with Crippen LogP contribution in [0.5, 0.6) is 0 Å². The highest BCUT2D eigenvalue weighted by Gasteiger charge is 2.23. The molecule has 2 N–H and O–H groups in total. The van der Waals surface area contributed by atoms with E-state index in [1.165, 1.54) is 0 Å². The lowest BCUT2D eigenvalue weighted by atomic mass is 10.0. The predicted octanol–water partition coefficient (Wildman–Crippen LogP) is 0.898. The number of aromatic nitrogens is 1. The topological polar surface area (TPSA) is 70.3 Å². The van der Waals surface area contributed by atoms with Crippen LogP contribution < -0.4 is 9.88 Å². The summed E-state index contributed by atoms with van der Waals surface area (Å²) in [5.41, 5.74) is 1.16. The van der Waals surface area contributed by atoms with E-state index in [1.807, 2.05) is 36.0 Å². The lowest BCUT2D eigenvalue weighted by Gasteiger charge is -2.17. The van der Waals surface area contributed by atoms with Crippen molar-refractivity contribution in [2.45, 2.75) is 39.8 Å². The maximum absolute atomic E-state index is 11.7. The van der Waals surface area contributed by atoms with Crippen LogP contribution in [0.3, 0.4) is 0 Å². The van der Waals surface area contributed by atoms with Crippen molar-refractivity contribution in [1.82, 2.24) is 5.32 Å². The van der Waals surface area contributed by atoms with Crippen LogP contribution in [0.15, 0.2) is 24.5 Å². The van der Waals surface area contributed by atoms with Crippen LogP contribution in [0.2, 0.25) is 0 Å². The van der Waals surface area contributed by atoms with Crippen LogP contribution >= 0.6 is 0 Å². The molecule has 5 nitrogen and oxygen atoms in total. The van der Waals surface area contributed by atoms with E-state index >= 15 is 0 Å². The van der Waals surface area contributed by atoms with Crippen LogP contribution in [-0.2, 0) is 16.1 Å². The molecule has 0 saturated carbocycles. The lowest BCUT2D eigenvalue weighted by molar-refractivity contribution is -0.695. The second-order valence-electron chi connectivity index (χ2n) is 4.99. The van der Waals surface area contributed by atoms with Gasteiger partial charge in [-0.1, -0.05) is 13.8 Å². The van der Waals surface area contributed by atoms with Crippen LogP contribution in [0.25, 0.3) is 0 Å². The summed E-state index contributed by atoms with van der Waals surface area (Å²) >= 11 is 0. The van der Waals surface area contributed by atoms with Gasteiger partial charge >= 0.3 is 5.97 Å². The number of carboxylic acids is 1. The van der Waals surface area contributed by atoms with E-state index in [1.54, 1.807) is 13.8 Å². The van der Waals surface area contributed by atoms with Gasteiger partial charge in [0, 0.05) is 12.1 Å². The molecule has 0 aliphatic carbocycles. The monoisotopic (exact) mass is 265 g/mol. The van der Waals surface area contributed by atoms with Gasteiger partial charge in [0.1, 0.15) is 6.04 Å². The second-order valence-corrected chi connectivity index (χ2v) is 4.99. The number of pyridine rings is 1. The number of hydrogen-bond acceptors (Lipinski definition) is 2. The van der Waals surface area contributed by atoms with Gasteiger partial charge in [-0.3, -0.25) is 4.79 Å². The predicted molar refractivity (Wildman–Crippen MR) is 70.4 cm³/mol. The molecular formula is C14H21N2O3+. The zero-order valence-corrected chi connectivity index (χ0v) is 11.6. The maximum Gasteiger partial charge on any atom is 0.326 e. The minimum Gasteiger partial charge on any atom is -0.480 e. The third-order valence-electron chi connectivity index (χ3n) is 2.90. The molecule has 0 spiro atoms. The van der Waals surface area contributed by atoms with Crippen LogP contribution in [0.1, 0.15) is 25.8 Å². The van der Waals surface area contributed by atoms with Gasteiger partial charge in [-0.15, -0.1) is 0 Å². The van der Waals surface area contributed by atoms with Gasteiger partial charge < -0.3 is 10.4 Å². The molecule has 1 aromatic heterocycles. The standard InChI is InChI=1S/C14H20N2O3/c1-10(2)13(14(18)19)15-12(17)6-9-16-7-4-11(3)5-8-16/h4-5,7-8,10,13H,6,9H2,1-3H3,(H-,15,17,18,19)/p+1. The Hall–Kier alpha value is -1.91. The average Bonchev–Trinajstić information content (AvgIpc) is 2.34. The number of rotatable bonds is 6. The summed E-state index contributed by atoms with van der Waals surface area (Å²) in [6, 6.07) is 3.11. The Bertz CT molecular complexity index is 441. The number of aryl methyl sites for hydroxylation is 2. The second kappa shape index (κ2) is 6.87. The Balaban J connectivity index is 2.47. The van der Waals surface area contributed by atoms with Crippen LogP contribution in [-0.4, -0.2) is 23.0 Å². The Morgan fingerprint density at radius 1 is 1.32 bits per heavy atom. The van der Waals surface area contributed by atoms with Gasteiger partial charge in [0.25, 0.3) is 0 Å². The third kappa shape index (κ3) is 5.07. The number of nitrogens with zero attached hydrogens (tertiary/aromatic N) is 1. The Morgan fingerprint density at radius 3 is 2.37 bits per heavy atom. The maximum atomic E-state index is 11.7. The molecule has 104 valence electrons. The molecule has 0 fully saturated rings. The molecule has 19 heavy (non-hydrogen) atoms. The van der Waals surface area contributed by atoms with Gasteiger partial charge in [0.2, 0.25) is 5.91 Å². The van der Waals surface area contributed by atoms with Crippen molar-refractivity contribution in [3.63, 3.8) is 0 Å². The van der Waals surface area contributed by atoms with Crippen LogP contribution in [0, 0.1) is 12.8 Å². The first-order chi connectivity index (χ1) is 8.90. The molecule has 0 aromatic carbocycles. The quantitative estimate of drug-likeness (QED) is 0.751. The summed E-state index contributed by atoms with van der Waals surface area (Å²) < 4.78 is 1.90. The summed E-state index contributed by atoms with van der Waals surface area (Å²) in [6.07, 6.45) is 4.07. The smallest absolute Gasteiger partial charge is 0.326 e. The number of aliphatic carboxylic acids is 1. The average molecular weight is 265 g/mol. The first kappa shape index (κ1) is 15.1. The molecule has 0 aliphatic heterocycles. The van der Waals surface area contributed by atoms with Crippen molar-refractivity contribution < 1.29 is 19.3 Å². The minimum atomic E-state index is -0.994. The molecule has 1 heterocycles. The van der Waals surface area contributed by atoms with Gasteiger partial charge in [-0.25, -0.2) is 9.36 Å². The highest BCUT2D eigenvalue weighted by atomic mass is 16.4. The largest absolute Gasteiger partial charge is 0.480 e. The molecule has 1 unspecified atom stereocenters. The van der Waals surface area contributed by atoms with Crippen molar-refractivity contribution in [2.24, 2.45) is 5.92 Å². The fourth-order valence-corrected chi connectivity index (χ4v) is 1.67. The molecule has 0 aliphatic rings. The Labute approximate surface area is 113 Å². The van der Waals surface area contributed by atoms with Crippen molar-refractivity contribution >= 4 is 11.9 Å². The van der Waals surface area contributed by atoms with E-state index < -0.39 is 12.0 Å². The fourth-order valence-electron chi connectivity index (χ4n) is 1.67. The number of hydrogen-bond donors (Lipinski definition) is 2. The number of carbonyl (C=O) groups excluding carboxylic acids is 1. The van der Waals surface area contributed by atoms with E-state index in [-0.39, 0.29) is 18.2 Å². The van der Waals surface area contributed by atoms with E-state index in [9.17, 15) is 9.59 Å². The van der Waals surface area contributed by atoms with Gasteiger partial charge in [-0.05, 0) is 18.4 Å². The normalized spacial score (nSPS) is 12.2. The van der Waals surface area contributed by atoms with E-state index in [2.05, 4.69) is 5.32 Å². The highest BCUT2D eigenvalue weighted by Crippen LogP contribution is 2.02. The third-order valence-corrected chi connectivity index (χ3v) is 2.90. The number of carboxylic acid groups (broad SMARTS) is 1. The van der Waals surface area contributed by atoms with Crippen LogP contribution in [0.4, 0.5) is 0 Å². The number of amides is 1. The highest BCUT2D eigenvalue weighted by molar-refractivity contribution is 5.83. The van der Waals surface area contributed by atoms with E-state index in [4.69, 9.17) is 5.11 Å². The molecule has 1 aromatic rings. The molecule has 5 heteroatoms. The Morgan fingerprint density at radius 2 is 1.89 bits per heavy atom. The molecule has 1 rings (SSSR count). The fraction of sp³-hybridized carbons (Fsp3) is 0.500. The summed E-state index contributed by atoms with van der Waals surface area (Å²) in [5.74, 6) is -1.37. The molecular weight excluding hydrogens is 244 g/mol. The summed E-state index contributed by atoms with van der Waals surface area (Å²) in [4.78, 5) is 22.7. The molecule has 1 amide bonds. The van der Waals surface area contributed by atoms with Crippen molar-refractivity contribution in [1.29, 1.82) is 0 Å². The van der Waals surface area contributed by atoms with E-state index in [0.717, 1.165) is 5.56 Å². The first-order valence-corrected chi connectivity index (χ1v) is 6.38. The number of carbonyl (C=O) groups is 2. The SMILES string of the molecule is Cc1cc[n+](CCC(=O)NC(C(=O)O)C(C)C)cc1. The summed E-state index contributed by atoms with van der Waals surface area (Å²) in [5, 5.41) is 11.5. The van der Waals surface area contributed by atoms with Crippen molar-refractivity contribution in [3.05, 3.63) is 30.1 Å². The Kier molecular flexibility index (Phi) is 5.48. The molecule has 0 radical (unpaired) electrons. The number of nitrogens with one attached hydrogen (secondary N) is 1. The van der Waals surface area contributed by atoms with Gasteiger partial charge in [-0.2, -0.15) is 0 Å². The summed E-state index contributed by atoms with van der Waals surface area (Å²) in [7, 11) is 0.